The van der Waals surface area contributed by atoms with Gasteiger partial charge in [0.2, 0.25) is 0 Å². The zero-order valence-corrected chi connectivity index (χ0v) is 22.9. The molecule has 0 bridgehead atoms. The summed E-state index contributed by atoms with van der Waals surface area (Å²) in [7, 11) is 0. The highest BCUT2D eigenvalue weighted by molar-refractivity contribution is 9.10. The average molecular weight is 595 g/mol. The normalized spacial score (nSPS) is 14.6. The monoisotopic (exact) mass is 594 g/mol. The number of imide groups is 1. The van der Waals surface area contributed by atoms with Gasteiger partial charge in [0.1, 0.15) is 30.5 Å². The van der Waals surface area contributed by atoms with E-state index in [4.69, 9.17) is 9.47 Å². The third-order valence-corrected chi connectivity index (χ3v) is 7.45. The van der Waals surface area contributed by atoms with Crippen molar-refractivity contribution in [3.8, 4) is 11.5 Å². The van der Waals surface area contributed by atoms with Crippen molar-refractivity contribution in [3.05, 3.63) is 99.2 Å². The summed E-state index contributed by atoms with van der Waals surface area (Å²) in [6.45, 7) is 3.34. The van der Waals surface area contributed by atoms with Gasteiger partial charge in [-0.1, -0.05) is 33.6 Å². The molecule has 9 heteroatoms. The van der Waals surface area contributed by atoms with Gasteiger partial charge in [-0.2, -0.15) is 0 Å². The minimum atomic E-state index is -0.361. The molecule has 0 aliphatic carbocycles. The number of amides is 2. The highest BCUT2D eigenvalue weighted by Gasteiger charge is 2.35. The van der Waals surface area contributed by atoms with Gasteiger partial charge in [0, 0.05) is 27.1 Å². The molecule has 1 aromatic heterocycles. The Morgan fingerprint density at radius 3 is 2.29 bits per heavy atom. The molecule has 1 saturated heterocycles. The van der Waals surface area contributed by atoms with E-state index < -0.39 is 0 Å². The lowest BCUT2D eigenvalue weighted by molar-refractivity contribution is -0.123. The van der Waals surface area contributed by atoms with E-state index in [0.29, 0.717) is 23.8 Å². The first-order valence-corrected chi connectivity index (χ1v) is 13.6. The van der Waals surface area contributed by atoms with Crippen LogP contribution in [0.3, 0.4) is 0 Å². The number of ether oxygens (including phenoxy) is 2. The summed E-state index contributed by atoms with van der Waals surface area (Å²) in [6.07, 6.45) is 3.74. The van der Waals surface area contributed by atoms with Crippen LogP contribution in [0.1, 0.15) is 11.1 Å². The number of fused-ring (bicyclic) bond motifs is 1. The van der Waals surface area contributed by atoms with Crippen LogP contribution < -0.4 is 9.47 Å². The Morgan fingerprint density at radius 2 is 1.58 bits per heavy atom. The topological polar surface area (TPSA) is 60.8 Å². The van der Waals surface area contributed by atoms with Crippen molar-refractivity contribution in [1.82, 2.24) is 9.47 Å². The molecule has 5 rings (SSSR count). The number of halogens is 2. The Kier molecular flexibility index (Phi) is 7.85. The molecular weight excluding hydrogens is 571 g/mol. The number of carbonyl (C=O) groups excluding carboxylic acids is 2. The maximum atomic E-state index is 13.1. The Balaban J connectivity index is 1.29. The lowest BCUT2D eigenvalue weighted by atomic mass is 10.1. The number of thioether (sulfide) groups is 1. The zero-order valence-electron chi connectivity index (χ0n) is 20.5. The van der Waals surface area contributed by atoms with Crippen molar-refractivity contribution >= 4 is 55.8 Å². The number of nitrogens with zero attached hydrogens (tertiary/aromatic N) is 2. The molecule has 6 nitrogen and oxygen atoms in total. The molecule has 0 radical (unpaired) electrons. The van der Waals surface area contributed by atoms with Crippen molar-refractivity contribution < 1.29 is 23.5 Å². The zero-order chi connectivity index (χ0) is 26.6. The van der Waals surface area contributed by atoms with E-state index in [1.54, 1.807) is 6.08 Å². The van der Waals surface area contributed by atoms with Crippen LogP contribution in [0.25, 0.3) is 17.0 Å². The number of benzene rings is 3. The fourth-order valence-electron chi connectivity index (χ4n) is 4.11. The fraction of sp³-hybridized carbons (Fsp3) is 0.172. The molecule has 0 unspecified atom stereocenters. The third-order valence-electron chi connectivity index (χ3n) is 6.05. The van der Waals surface area contributed by atoms with Crippen LogP contribution in [0.2, 0.25) is 0 Å². The lowest BCUT2D eigenvalue weighted by Crippen LogP contribution is -2.32. The summed E-state index contributed by atoms with van der Waals surface area (Å²) in [5.74, 6) is 0.563. The second-order valence-corrected chi connectivity index (χ2v) is 10.6. The molecule has 194 valence electrons. The summed E-state index contributed by atoms with van der Waals surface area (Å²) in [5, 5.41) is 0.613. The first kappa shape index (κ1) is 26.1. The molecule has 0 atom stereocenters. The first-order chi connectivity index (χ1) is 18.4. The molecule has 4 aromatic rings. The third kappa shape index (κ3) is 5.95. The molecule has 3 aromatic carbocycles. The van der Waals surface area contributed by atoms with Crippen molar-refractivity contribution in [3.63, 3.8) is 0 Å². The van der Waals surface area contributed by atoms with Crippen molar-refractivity contribution in [2.75, 3.05) is 19.8 Å². The van der Waals surface area contributed by atoms with Gasteiger partial charge < -0.3 is 14.0 Å². The maximum Gasteiger partial charge on any atom is 0.293 e. The predicted molar refractivity (Wildman–Crippen MR) is 151 cm³/mol. The van der Waals surface area contributed by atoms with Gasteiger partial charge in [0.15, 0.2) is 0 Å². The second-order valence-electron chi connectivity index (χ2n) is 8.74. The highest BCUT2D eigenvalue weighted by Crippen LogP contribution is 2.34. The van der Waals surface area contributed by atoms with E-state index in [2.05, 4.69) is 20.5 Å². The Bertz CT molecular complexity index is 1520. The van der Waals surface area contributed by atoms with Crippen LogP contribution in [0.15, 0.2) is 82.3 Å². The Labute approximate surface area is 232 Å². The molecule has 2 heterocycles. The smallest absolute Gasteiger partial charge is 0.293 e. The van der Waals surface area contributed by atoms with Crippen LogP contribution in [0, 0.1) is 12.7 Å². The number of rotatable bonds is 9. The molecule has 1 aliphatic heterocycles. The van der Waals surface area contributed by atoms with Gasteiger partial charge >= 0.3 is 0 Å². The summed E-state index contributed by atoms with van der Waals surface area (Å²) in [4.78, 5) is 27.2. The Hall–Kier alpha value is -3.56. The van der Waals surface area contributed by atoms with Gasteiger partial charge in [-0.05, 0) is 79.4 Å². The number of carbonyl (C=O) groups is 2. The molecule has 0 saturated carbocycles. The molecule has 0 N–H and O–H groups in total. The summed E-state index contributed by atoms with van der Waals surface area (Å²) < 4.78 is 27.5. The largest absolute Gasteiger partial charge is 0.492 e. The van der Waals surface area contributed by atoms with Crippen LogP contribution in [-0.4, -0.2) is 40.4 Å². The highest BCUT2D eigenvalue weighted by atomic mass is 79.9. The minimum Gasteiger partial charge on any atom is -0.492 e. The van der Waals surface area contributed by atoms with Crippen LogP contribution in [-0.2, 0) is 11.3 Å². The van der Waals surface area contributed by atoms with Crippen LogP contribution >= 0.6 is 27.7 Å². The average Bonchev–Trinajstić information content (AvgIpc) is 3.37. The first-order valence-electron chi connectivity index (χ1n) is 12.0. The molecule has 1 aliphatic rings. The van der Waals surface area contributed by atoms with E-state index in [1.165, 1.54) is 34.7 Å². The van der Waals surface area contributed by atoms with Crippen molar-refractivity contribution in [2.24, 2.45) is 0 Å². The van der Waals surface area contributed by atoms with Gasteiger partial charge in [0.05, 0.1) is 18.0 Å². The second kappa shape index (κ2) is 11.4. The quantitative estimate of drug-likeness (QED) is 0.194. The fourth-order valence-corrected chi connectivity index (χ4v) is 5.33. The van der Waals surface area contributed by atoms with Crippen molar-refractivity contribution in [1.29, 1.82) is 0 Å². The van der Waals surface area contributed by atoms with E-state index in [-0.39, 0.29) is 30.1 Å². The van der Waals surface area contributed by atoms with Crippen LogP contribution in [0.4, 0.5) is 9.18 Å². The number of hydrogen-bond acceptors (Lipinski definition) is 5. The number of aryl methyl sites for hydroxylation is 1. The number of aromatic nitrogens is 1. The molecule has 0 spiro atoms. The van der Waals surface area contributed by atoms with E-state index >= 15 is 0 Å². The van der Waals surface area contributed by atoms with Crippen molar-refractivity contribution in [2.45, 2.75) is 13.5 Å². The van der Waals surface area contributed by atoms with Gasteiger partial charge in [0.25, 0.3) is 11.1 Å². The summed E-state index contributed by atoms with van der Waals surface area (Å²) >= 11 is 4.45. The molecular formula is C29H24BrFN2O4S. The van der Waals surface area contributed by atoms with E-state index in [9.17, 15) is 14.0 Å². The molecule has 1 fully saturated rings. The molecule has 2 amide bonds. The Morgan fingerprint density at radius 1 is 0.921 bits per heavy atom. The van der Waals surface area contributed by atoms with E-state index in [1.807, 2.05) is 55.6 Å². The SMILES string of the molecule is Cc1ccc(OCCn2cc(/C=C3\SC(=O)N(CCOc4ccc(F)cc4)C3=O)c3cc(Br)ccc32)cc1. The van der Waals surface area contributed by atoms with Gasteiger partial charge in [-0.3, -0.25) is 14.5 Å². The predicted octanol–water partition coefficient (Wildman–Crippen LogP) is 7.05. The van der Waals surface area contributed by atoms with Crippen LogP contribution in [0.5, 0.6) is 11.5 Å². The molecule has 38 heavy (non-hydrogen) atoms. The summed E-state index contributed by atoms with van der Waals surface area (Å²) in [5.41, 5.74) is 3.01. The van der Waals surface area contributed by atoms with Gasteiger partial charge in [-0.15, -0.1) is 0 Å². The van der Waals surface area contributed by atoms with Gasteiger partial charge in [-0.25, -0.2) is 4.39 Å². The minimum absolute atomic E-state index is 0.100. The number of hydrogen-bond donors (Lipinski definition) is 0. The van der Waals surface area contributed by atoms with E-state index in [0.717, 1.165) is 38.5 Å². The summed E-state index contributed by atoms with van der Waals surface area (Å²) in [6, 6.07) is 19.5. The maximum absolute atomic E-state index is 13.1. The lowest BCUT2D eigenvalue weighted by Gasteiger charge is -2.13. The standard InChI is InChI=1S/C29H24BrFN2O4S/c1-19-2-7-23(8-3-19)36-14-12-32-18-20(25-17-21(30)4-11-26(25)32)16-27-28(34)33(29(35)38-27)13-15-37-24-9-5-22(31)6-10-24/h2-11,16-18H,12-15H2,1H3/b27-16-.